The molecule has 0 saturated heterocycles. The Kier molecular flexibility index (Phi) is 6.00. The summed E-state index contributed by atoms with van der Waals surface area (Å²) in [4.78, 5) is 0. The highest BCUT2D eigenvalue weighted by atomic mass is 35.5. The first-order valence-electron chi connectivity index (χ1n) is 3.66. The molecule has 0 fully saturated rings. The van der Waals surface area contributed by atoms with Crippen molar-refractivity contribution in [3.8, 4) is 0 Å². The molecule has 0 unspecified atom stereocenters. The predicted molar refractivity (Wildman–Crippen MR) is 52.2 cm³/mol. The van der Waals surface area contributed by atoms with E-state index in [0.717, 1.165) is 0 Å². The van der Waals surface area contributed by atoms with Crippen LogP contribution in [0.3, 0.4) is 0 Å². The molecule has 0 saturated carbocycles. The van der Waals surface area contributed by atoms with Gasteiger partial charge >= 0.3 is 7.94 Å². The lowest BCUT2D eigenvalue weighted by molar-refractivity contribution is 0.191. The molecule has 0 atom stereocenters. The van der Waals surface area contributed by atoms with Crippen molar-refractivity contribution in [3.63, 3.8) is 0 Å². The second kappa shape index (κ2) is 5.58. The van der Waals surface area contributed by atoms with Crippen molar-refractivity contribution >= 4 is 31.7 Å². The Bertz CT molecular complexity index is 128. The second-order valence-electron chi connectivity index (χ2n) is 2.93. The summed E-state index contributed by atoms with van der Waals surface area (Å²) in [5.74, 6) is 0. The summed E-state index contributed by atoms with van der Waals surface area (Å²) >= 11 is 10.6. The number of hydrogen-bond acceptors (Lipinski definition) is 3. The van der Waals surface area contributed by atoms with Crippen LogP contribution in [0.1, 0.15) is 27.7 Å². The van der Waals surface area contributed by atoms with Gasteiger partial charge in [0.2, 0.25) is 0 Å². The molecule has 0 heterocycles. The molecule has 0 aromatic rings. The molecular weight excluding hydrogens is 222 g/mol. The van der Waals surface area contributed by atoms with Gasteiger partial charge in [-0.2, -0.15) is 4.52 Å². The van der Waals surface area contributed by atoms with Crippen molar-refractivity contribution in [2.45, 2.75) is 39.5 Å². The van der Waals surface area contributed by atoms with Crippen LogP contribution >= 0.6 is 31.7 Å². The van der Waals surface area contributed by atoms with E-state index in [1.165, 1.54) is 0 Å². The lowest BCUT2D eigenvalue weighted by Crippen LogP contribution is -2.14. The van der Waals surface area contributed by atoms with Gasteiger partial charge in [0.05, 0.1) is 0 Å². The van der Waals surface area contributed by atoms with E-state index in [2.05, 4.69) is 8.15 Å². The van der Waals surface area contributed by atoms with Crippen molar-refractivity contribution in [2.75, 3.05) is 0 Å². The molecule has 0 aliphatic heterocycles. The van der Waals surface area contributed by atoms with Gasteiger partial charge in [0.15, 0.2) is 0 Å². The van der Waals surface area contributed by atoms with Crippen molar-refractivity contribution in [1.29, 1.82) is 0 Å². The van der Waals surface area contributed by atoms with Gasteiger partial charge in [0.25, 0.3) is 0 Å². The van der Waals surface area contributed by atoms with Crippen LogP contribution in [0.4, 0.5) is 0 Å². The fourth-order valence-electron chi connectivity index (χ4n) is 0.618. The second-order valence-corrected chi connectivity index (χ2v) is 6.35. The SMILES string of the molecule is CC(C)O[P+](OCl)(OCl)C(C)C. The van der Waals surface area contributed by atoms with Crippen molar-refractivity contribution in [2.24, 2.45) is 0 Å². The molecule has 0 bridgehead atoms. The third-order valence-electron chi connectivity index (χ3n) is 1.18. The van der Waals surface area contributed by atoms with E-state index in [4.69, 9.17) is 28.3 Å². The zero-order valence-corrected chi connectivity index (χ0v) is 9.99. The maximum atomic E-state index is 5.40. The molecule has 0 amide bonds. The van der Waals surface area contributed by atoms with Crippen LogP contribution in [-0.4, -0.2) is 11.8 Å². The molecule has 74 valence electrons. The van der Waals surface area contributed by atoms with Gasteiger partial charge in [0, 0.05) is 0 Å². The van der Waals surface area contributed by atoms with Crippen LogP contribution in [-0.2, 0) is 12.7 Å². The summed E-state index contributed by atoms with van der Waals surface area (Å²) in [6.07, 6.45) is -0.0294. The van der Waals surface area contributed by atoms with E-state index in [1.54, 1.807) is 0 Å². The van der Waals surface area contributed by atoms with Gasteiger partial charge < -0.3 is 0 Å². The van der Waals surface area contributed by atoms with Crippen molar-refractivity contribution < 1.29 is 12.7 Å². The molecule has 0 spiro atoms. The van der Waals surface area contributed by atoms with Crippen molar-refractivity contribution in [1.82, 2.24) is 0 Å². The first-order valence-corrected chi connectivity index (χ1v) is 5.89. The summed E-state index contributed by atoms with van der Waals surface area (Å²) in [5, 5.41) is 0. The smallest absolute Gasteiger partial charge is 0.173 e. The maximum Gasteiger partial charge on any atom is 0.457 e. The predicted octanol–water partition coefficient (Wildman–Crippen LogP) is 3.92. The highest BCUT2D eigenvalue weighted by molar-refractivity contribution is 7.63. The molecule has 0 aromatic heterocycles. The first kappa shape index (κ1) is 12.9. The minimum atomic E-state index is -2.56. The Hall–Kier alpha value is 0.890. The largest absolute Gasteiger partial charge is 0.457 e. The zero-order valence-electron chi connectivity index (χ0n) is 7.58. The van der Waals surface area contributed by atoms with E-state index >= 15 is 0 Å². The van der Waals surface area contributed by atoms with Gasteiger partial charge in [-0.25, -0.2) is 0 Å². The first-order chi connectivity index (χ1) is 5.48. The summed E-state index contributed by atoms with van der Waals surface area (Å²) in [5.41, 5.74) is 0.00917. The molecular formula is C6H14Cl2O3P+. The van der Waals surface area contributed by atoms with E-state index in [-0.39, 0.29) is 11.8 Å². The lowest BCUT2D eigenvalue weighted by atomic mass is 10.5. The molecule has 0 radical (unpaired) electrons. The highest BCUT2D eigenvalue weighted by Crippen LogP contribution is 2.68. The number of halogens is 2. The zero-order chi connectivity index (χ0) is 9.78. The molecule has 0 rings (SSSR count). The minimum absolute atomic E-state index is 0.00917. The normalized spacial score (nSPS) is 13.0. The molecule has 0 aliphatic rings. The van der Waals surface area contributed by atoms with Crippen LogP contribution in [0.5, 0.6) is 0 Å². The monoisotopic (exact) mass is 235 g/mol. The van der Waals surface area contributed by atoms with Gasteiger partial charge in [-0.3, -0.25) is 0 Å². The Morgan fingerprint density at radius 2 is 1.42 bits per heavy atom. The van der Waals surface area contributed by atoms with Crippen LogP contribution in [0.2, 0.25) is 0 Å². The fourth-order valence-corrected chi connectivity index (χ4v) is 3.26. The summed E-state index contributed by atoms with van der Waals surface area (Å²) in [6.45, 7) is 7.48. The third-order valence-corrected chi connectivity index (χ3v) is 4.70. The van der Waals surface area contributed by atoms with Gasteiger partial charge in [-0.15, -0.1) is 0 Å². The summed E-state index contributed by atoms with van der Waals surface area (Å²) in [7, 11) is -2.56. The summed E-state index contributed by atoms with van der Waals surface area (Å²) in [6, 6.07) is 0. The average Bonchev–Trinajstić information content (AvgIpc) is 1.99. The topological polar surface area (TPSA) is 27.7 Å². The minimum Gasteiger partial charge on any atom is -0.173 e. The fraction of sp³-hybridized carbons (Fsp3) is 1.00. The van der Waals surface area contributed by atoms with Crippen molar-refractivity contribution in [3.05, 3.63) is 0 Å². The average molecular weight is 236 g/mol. The lowest BCUT2D eigenvalue weighted by Gasteiger charge is -2.19. The van der Waals surface area contributed by atoms with Gasteiger partial charge in [-0.05, 0) is 27.7 Å². The molecule has 6 heteroatoms. The molecule has 12 heavy (non-hydrogen) atoms. The van der Waals surface area contributed by atoms with Gasteiger partial charge in [-0.1, -0.05) is 8.15 Å². The Balaban J connectivity index is 4.35. The van der Waals surface area contributed by atoms with Crippen LogP contribution in [0.25, 0.3) is 0 Å². The number of rotatable bonds is 5. The Morgan fingerprint density at radius 3 is 1.50 bits per heavy atom. The van der Waals surface area contributed by atoms with Gasteiger partial charge in [0.1, 0.15) is 35.5 Å². The van der Waals surface area contributed by atoms with Crippen LogP contribution < -0.4 is 0 Å². The van der Waals surface area contributed by atoms with E-state index in [9.17, 15) is 0 Å². The van der Waals surface area contributed by atoms with Crippen LogP contribution in [0, 0.1) is 0 Å². The maximum absolute atomic E-state index is 5.40. The Morgan fingerprint density at radius 1 is 1.00 bits per heavy atom. The van der Waals surface area contributed by atoms with E-state index in [1.807, 2.05) is 27.7 Å². The summed E-state index contributed by atoms with van der Waals surface area (Å²) < 4.78 is 14.7. The third kappa shape index (κ3) is 3.33. The molecule has 0 N–H and O–H groups in total. The number of hydrogen-bond donors (Lipinski definition) is 0. The van der Waals surface area contributed by atoms with Crippen LogP contribution in [0.15, 0.2) is 0 Å². The highest BCUT2D eigenvalue weighted by Gasteiger charge is 2.51. The van der Waals surface area contributed by atoms with E-state index in [0.29, 0.717) is 0 Å². The molecule has 3 nitrogen and oxygen atoms in total. The quantitative estimate of drug-likeness (QED) is 0.677. The van der Waals surface area contributed by atoms with E-state index < -0.39 is 7.94 Å². The standard InChI is InChI=1S/C6H14Cl2O3P/c1-5(2)9-12(10-7,11-8)6(3)4/h5-6H,1-4H3/q+1. The molecule has 0 aliphatic carbocycles. The Labute approximate surface area is 84.2 Å². The molecule has 0 aromatic carbocycles.